The molecule has 0 saturated carbocycles. The van der Waals surface area contributed by atoms with Crippen LogP contribution in [0.3, 0.4) is 0 Å². The Bertz CT molecular complexity index is 437. The lowest BCUT2D eigenvalue weighted by atomic mass is 9.99. The van der Waals surface area contributed by atoms with E-state index in [-0.39, 0.29) is 11.8 Å². The van der Waals surface area contributed by atoms with Crippen molar-refractivity contribution in [3.63, 3.8) is 0 Å². The Morgan fingerprint density at radius 2 is 1.62 bits per heavy atom. The van der Waals surface area contributed by atoms with Crippen molar-refractivity contribution in [1.82, 2.24) is 4.90 Å². The fraction of sp³-hybridized carbons (Fsp3) is 0.611. The molecule has 2 nitrogen and oxygen atoms in total. The van der Waals surface area contributed by atoms with Crippen molar-refractivity contribution in [2.75, 3.05) is 6.54 Å². The zero-order valence-electron chi connectivity index (χ0n) is 13.9. The maximum Gasteiger partial charge on any atom is 0.179 e. The first-order chi connectivity index (χ1) is 9.90. The van der Waals surface area contributed by atoms with Gasteiger partial charge in [-0.15, -0.1) is 0 Å². The number of carbonyl (C=O) groups is 1. The number of carbonyl (C=O) groups excluding carboxylic acids is 1. The van der Waals surface area contributed by atoms with Gasteiger partial charge >= 0.3 is 0 Å². The molecule has 0 aliphatic carbocycles. The third kappa shape index (κ3) is 5.23. The summed E-state index contributed by atoms with van der Waals surface area (Å²) in [5.41, 5.74) is 0.797. The Morgan fingerprint density at radius 3 is 2.05 bits per heavy atom. The molecule has 0 aromatic heterocycles. The van der Waals surface area contributed by atoms with E-state index in [1.165, 1.54) is 0 Å². The lowest BCUT2D eigenvalue weighted by Crippen LogP contribution is -2.47. The highest BCUT2D eigenvalue weighted by Crippen LogP contribution is 2.19. The lowest BCUT2D eigenvalue weighted by Gasteiger charge is -2.36. The molecule has 1 aromatic rings. The van der Waals surface area contributed by atoms with Crippen LogP contribution >= 0.6 is 15.9 Å². The molecule has 0 radical (unpaired) electrons. The number of rotatable bonds is 8. The summed E-state index contributed by atoms with van der Waals surface area (Å²) in [6, 6.07) is 8.08. The van der Waals surface area contributed by atoms with Gasteiger partial charge in [-0.3, -0.25) is 9.69 Å². The van der Waals surface area contributed by atoms with Crippen LogP contribution in [-0.4, -0.2) is 29.3 Å². The monoisotopic (exact) mass is 353 g/mol. The maximum atomic E-state index is 12.8. The zero-order chi connectivity index (χ0) is 16.0. The van der Waals surface area contributed by atoms with Crippen LogP contribution in [0.25, 0.3) is 0 Å². The number of ketones is 1. The summed E-state index contributed by atoms with van der Waals surface area (Å²) in [7, 11) is 0. The summed E-state index contributed by atoms with van der Waals surface area (Å²) in [6.07, 6.45) is 2.17. The number of benzene rings is 1. The van der Waals surface area contributed by atoms with Crippen molar-refractivity contribution in [1.29, 1.82) is 0 Å². The topological polar surface area (TPSA) is 20.3 Å². The Hall–Kier alpha value is -0.670. The third-order valence-electron chi connectivity index (χ3n) is 3.99. The zero-order valence-corrected chi connectivity index (χ0v) is 15.5. The molecule has 0 spiro atoms. The first-order valence-electron chi connectivity index (χ1n) is 7.96. The first kappa shape index (κ1) is 18.4. The molecule has 0 heterocycles. The number of halogens is 1. The molecule has 118 valence electrons. The highest BCUT2D eigenvalue weighted by atomic mass is 79.9. The van der Waals surface area contributed by atoms with Gasteiger partial charge in [0.15, 0.2) is 5.78 Å². The van der Waals surface area contributed by atoms with Gasteiger partial charge in [0, 0.05) is 22.6 Å². The summed E-state index contributed by atoms with van der Waals surface area (Å²) < 4.78 is 1.01. The standard InChI is InChI=1S/C18H28BrNO/c1-6-17(7-2)20(12-13(3)4)14(5)18(21)15-8-10-16(19)11-9-15/h8-11,13-14,17H,6-7,12H2,1-5H3. The molecule has 1 rings (SSSR count). The SMILES string of the molecule is CCC(CC)N(CC(C)C)C(C)C(=O)c1ccc(Br)cc1. The second-order valence-electron chi connectivity index (χ2n) is 6.11. The minimum atomic E-state index is -0.0709. The molecule has 0 amide bonds. The van der Waals surface area contributed by atoms with Gasteiger partial charge in [0.2, 0.25) is 0 Å². The second kappa shape index (κ2) is 8.70. The van der Waals surface area contributed by atoms with Crippen molar-refractivity contribution < 1.29 is 4.79 Å². The molecule has 21 heavy (non-hydrogen) atoms. The maximum absolute atomic E-state index is 12.8. The molecule has 1 aromatic carbocycles. The van der Waals surface area contributed by atoms with E-state index in [0.29, 0.717) is 12.0 Å². The Kier molecular flexibility index (Phi) is 7.61. The van der Waals surface area contributed by atoms with E-state index < -0.39 is 0 Å². The summed E-state index contributed by atoms with van der Waals surface area (Å²) >= 11 is 3.42. The van der Waals surface area contributed by atoms with Gasteiger partial charge in [-0.1, -0.05) is 55.8 Å². The van der Waals surface area contributed by atoms with E-state index in [9.17, 15) is 4.79 Å². The van der Waals surface area contributed by atoms with E-state index >= 15 is 0 Å². The molecule has 0 fully saturated rings. The molecule has 0 aliphatic rings. The van der Waals surface area contributed by atoms with Crippen LogP contribution in [0.15, 0.2) is 28.7 Å². The average Bonchev–Trinajstić information content (AvgIpc) is 2.46. The molecule has 3 heteroatoms. The van der Waals surface area contributed by atoms with Crippen molar-refractivity contribution in [3.8, 4) is 0 Å². The molecule has 1 unspecified atom stereocenters. The quantitative estimate of drug-likeness (QED) is 0.601. The highest BCUT2D eigenvalue weighted by molar-refractivity contribution is 9.10. The van der Waals surface area contributed by atoms with Crippen LogP contribution in [0.4, 0.5) is 0 Å². The molecule has 1 atom stereocenters. The summed E-state index contributed by atoms with van der Waals surface area (Å²) in [6.45, 7) is 11.9. The van der Waals surface area contributed by atoms with Crippen molar-refractivity contribution in [3.05, 3.63) is 34.3 Å². The van der Waals surface area contributed by atoms with E-state index in [1.807, 2.05) is 31.2 Å². The molecule has 0 aliphatic heterocycles. The van der Waals surface area contributed by atoms with Crippen LogP contribution in [0.5, 0.6) is 0 Å². The Balaban J connectivity index is 2.95. The van der Waals surface area contributed by atoms with Crippen LogP contribution in [0.1, 0.15) is 57.8 Å². The Morgan fingerprint density at radius 1 is 1.10 bits per heavy atom. The van der Waals surface area contributed by atoms with Crippen LogP contribution in [0, 0.1) is 5.92 Å². The van der Waals surface area contributed by atoms with Gasteiger partial charge < -0.3 is 0 Å². The normalized spacial score (nSPS) is 13.2. The average molecular weight is 354 g/mol. The largest absolute Gasteiger partial charge is 0.292 e. The van der Waals surface area contributed by atoms with Crippen LogP contribution < -0.4 is 0 Å². The first-order valence-corrected chi connectivity index (χ1v) is 8.75. The van der Waals surface area contributed by atoms with Gasteiger partial charge in [0.25, 0.3) is 0 Å². The number of nitrogens with zero attached hydrogens (tertiary/aromatic N) is 1. The predicted octanol–water partition coefficient (Wildman–Crippen LogP) is 5.17. The van der Waals surface area contributed by atoms with E-state index in [0.717, 1.165) is 29.4 Å². The lowest BCUT2D eigenvalue weighted by molar-refractivity contribution is 0.0710. The molecular formula is C18H28BrNO. The summed E-state index contributed by atoms with van der Waals surface area (Å²) in [4.78, 5) is 15.1. The van der Waals surface area contributed by atoms with Crippen LogP contribution in [0.2, 0.25) is 0 Å². The number of Topliss-reactive ketones (excluding diaryl/α,β-unsaturated/α-hetero) is 1. The summed E-state index contributed by atoms with van der Waals surface area (Å²) in [5.74, 6) is 0.779. The second-order valence-corrected chi connectivity index (χ2v) is 7.02. The minimum absolute atomic E-state index is 0.0709. The van der Waals surface area contributed by atoms with Crippen molar-refractivity contribution in [2.24, 2.45) is 5.92 Å². The van der Waals surface area contributed by atoms with Gasteiger partial charge in [0.05, 0.1) is 6.04 Å². The highest BCUT2D eigenvalue weighted by Gasteiger charge is 2.27. The molecule has 0 bridgehead atoms. The number of hydrogen-bond donors (Lipinski definition) is 0. The third-order valence-corrected chi connectivity index (χ3v) is 4.52. The van der Waals surface area contributed by atoms with Crippen molar-refractivity contribution in [2.45, 2.75) is 59.5 Å². The van der Waals surface area contributed by atoms with Crippen molar-refractivity contribution >= 4 is 21.7 Å². The van der Waals surface area contributed by atoms with E-state index in [4.69, 9.17) is 0 Å². The fourth-order valence-electron chi connectivity index (χ4n) is 2.81. The van der Waals surface area contributed by atoms with Gasteiger partial charge in [-0.05, 0) is 37.8 Å². The summed E-state index contributed by atoms with van der Waals surface area (Å²) in [5, 5.41) is 0. The minimum Gasteiger partial charge on any atom is -0.292 e. The fourth-order valence-corrected chi connectivity index (χ4v) is 3.07. The molecular weight excluding hydrogens is 326 g/mol. The van der Waals surface area contributed by atoms with Gasteiger partial charge in [-0.25, -0.2) is 0 Å². The van der Waals surface area contributed by atoms with Gasteiger partial charge in [-0.2, -0.15) is 0 Å². The van der Waals surface area contributed by atoms with E-state index in [1.54, 1.807) is 0 Å². The number of hydrogen-bond acceptors (Lipinski definition) is 2. The predicted molar refractivity (Wildman–Crippen MR) is 93.8 cm³/mol. The van der Waals surface area contributed by atoms with Crippen LogP contribution in [-0.2, 0) is 0 Å². The van der Waals surface area contributed by atoms with Gasteiger partial charge in [0.1, 0.15) is 0 Å². The smallest absolute Gasteiger partial charge is 0.179 e. The molecule has 0 saturated heterocycles. The Labute approximate surface area is 138 Å². The molecule has 0 N–H and O–H groups in total. The van der Waals surface area contributed by atoms with E-state index in [2.05, 4.69) is 48.5 Å².